The van der Waals surface area contributed by atoms with Gasteiger partial charge in [-0.25, -0.2) is 4.98 Å². The highest BCUT2D eigenvalue weighted by molar-refractivity contribution is 5.85. The van der Waals surface area contributed by atoms with Gasteiger partial charge in [0.15, 0.2) is 5.82 Å². The Kier molecular flexibility index (Phi) is 4.14. The molecule has 0 saturated carbocycles. The van der Waals surface area contributed by atoms with E-state index in [-0.39, 0.29) is 5.41 Å². The molecule has 0 atom stereocenters. The third-order valence-corrected chi connectivity index (χ3v) is 5.08. The van der Waals surface area contributed by atoms with Gasteiger partial charge in [0.1, 0.15) is 5.69 Å². The van der Waals surface area contributed by atoms with E-state index in [1.807, 2.05) is 11.7 Å². The number of aromatic nitrogens is 4. The van der Waals surface area contributed by atoms with Crippen molar-refractivity contribution in [3.63, 3.8) is 0 Å². The Morgan fingerprint density at radius 2 is 1.81 bits per heavy atom. The summed E-state index contributed by atoms with van der Waals surface area (Å²) in [4.78, 5) is 8.29. The maximum atomic E-state index is 4.80. The molecule has 0 aliphatic rings. The fourth-order valence-corrected chi connectivity index (χ4v) is 3.46. The molecule has 0 aliphatic heterocycles. The maximum absolute atomic E-state index is 4.80. The summed E-state index contributed by atoms with van der Waals surface area (Å²) in [5, 5.41) is 4.67. The lowest BCUT2D eigenvalue weighted by Gasteiger charge is -2.13. The molecule has 138 valence electrons. The van der Waals surface area contributed by atoms with Gasteiger partial charge in [-0.05, 0) is 41.3 Å². The van der Waals surface area contributed by atoms with Crippen LogP contribution in [0.5, 0.6) is 0 Å². The van der Waals surface area contributed by atoms with Gasteiger partial charge < -0.3 is 4.98 Å². The first kappa shape index (κ1) is 17.5. The maximum Gasteiger partial charge on any atom is 0.156 e. The van der Waals surface area contributed by atoms with Crippen molar-refractivity contribution in [2.75, 3.05) is 0 Å². The summed E-state index contributed by atoms with van der Waals surface area (Å²) < 4.78 is 1.91. The lowest BCUT2D eigenvalue weighted by molar-refractivity contribution is 0.553. The summed E-state index contributed by atoms with van der Waals surface area (Å²) in [6.07, 6.45) is 1.02. The van der Waals surface area contributed by atoms with Crippen molar-refractivity contribution >= 4 is 11.0 Å². The molecular weight excluding hydrogens is 332 g/mol. The molecule has 4 nitrogen and oxygen atoms in total. The molecular formula is C23H26N4. The molecule has 0 radical (unpaired) electrons. The van der Waals surface area contributed by atoms with Gasteiger partial charge in [0.2, 0.25) is 0 Å². The lowest BCUT2D eigenvalue weighted by Crippen LogP contribution is -2.12. The fourth-order valence-electron chi connectivity index (χ4n) is 3.46. The highest BCUT2D eigenvalue weighted by Gasteiger charge is 2.20. The number of nitrogens with zero attached hydrogens (tertiary/aromatic N) is 3. The molecule has 0 bridgehead atoms. The number of imidazole rings is 1. The molecule has 4 aromatic rings. The number of fused-ring (bicyclic) bond motifs is 1. The Labute approximate surface area is 160 Å². The zero-order valence-corrected chi connectivity index (χ0v) is 16.7. The lowest BCUT2D eigenvalue weighted by atomic mass is 9.92. The average molecular weight is 358 g/mol. The van der Waals surface area contributed by atoms with E-state index in [0.717, 1.165) is 34.7 Å². The molecule has 2 aromatic carbocycles. The SMILES string of the molecule is CCc1ccccc1-c1ccc2nc(-c3cc(C(C)(C)C)nn3C)[nH]c2c1. The molecule has 0 spiro atoms. The van der Waals surface area contributed by atoms with Crippen molar-refractivity contribution in [2.24, 2.45) is 7.05 Å². The first-order chi connectivity index (χ1) is 12.9. The minimum atomic E-state index is 0.0130. The molecule has 2 aromatic heterocycles. The minimum absolute atomic E-state index is 0.0130. The van der Waals surface area contributed by atoms with Gasteiger partial charge in [0.05, 0.1) is 16.7 Å². The Morgan fingerprint density at radius 1 is 1.04 bits per heavy atom. The van der Waals surface area contributed by atoms with Gasteiger partial charge in [-0.1, -0.05) is 58.0 Å². The summed E-state index contributed by atoms with van der Waals surface area (Å²) in [7, 11) is 1.97. The highest BCUT2D eigenvalue weighted by Crippen LogP contribution is 2.30. The number of aryl methyl sites for hydroxylation is 2. The predicted molar refractivity (Wildman–Crippen MR) is 112 cm³/mol. The van der Waals surface area contributed by atoms with Gasteiger partial charge in [-0.2, -0.15) is 5.10 Å². The average Bonchev–Trinajstić information content (AvgIpc) is 3.23. The van der Waals surface area contributed by atoms with Crippen LogP contribution in [0.4, 0.5) is 0 Å². The topological polar surface area (TPSA) is 46.5 Å². The summed E-state index contributed by atoms with van der Waals surface area (Å²) >= 11 is 0. The summed E-state index contributed by atoms with van der Waals surface area (Å²) in [6, 6.07) is 17.2. The summed E-state index contributed by atoms with van der Waals surface area (Å²) in [6.45, 7) is 8.72. The summed E-state index contributed by atoms with van der Waals surface area (Å²) in [5.41, 5.74) is 7.97. The number of nitrogens with one attached hydrogen (secondary N) is 1. The zero-order valence-electron chi connectivity index (χ0n) is 16.7. The first-order valence-corrected chi connectivity index (χ1v) is 9.50. The minimum Gasteiger partial charge on any atom is -0.337 e. The van der Waals surface area contributed by atoms with Gasteiger partial charge in [-0.3, -0.25) is 4.68 Å². The van der Waals surface area contributed by atoms with Crippen LogP contribution < -0.4 is 0 Å². The Bertz CT molecular complexity index is 1110. The number of benzene rings is 2. The van der Waals surface area contributed by atoms with Crippen molar-refractivity contribution < 1.29 is 0 Å². The predicted octanol–water partition coefficient (Wildman–Crippen LogP) is 5.49. The van der Waals surface area contributed by atoms with Crippen molar-refractivity contribution in [1.82, 2.24) is 19.7 Å². The third kappa shape index (κ3) is 3.16. The fraction of sp³-hybridized carbons (Fsp3) is 0.304. The van der Waals surface area contributed by atoms with Crippen LogP contribution in [-0.2, 0) is 18.9 Å². The molecule has 0 aliphatic carbocycles. The van der Waals surface area contributed by atoms with Crippen molar-refractivity contribution in [2.45, 2.75) is 39.5 Å². The normalized spacial score (nSPS) is 12.0. The van der Waals surface area contributed by atoms with E-state index in [1.54, 1.807) is 0 Å². The second-order valence-electron chi connectivity index (χ2n) is 8.12. The second-order valence-corrected chi connectivity index (χ2v) is 8.12. The number of hydrogen-bond donors (Lipinski definition) is 1. The van der Waals surface area contributed by atoms with Crippen molar-refractivity contribution in [1.29, 1.82) is 0 Å². The molecule has 1 N–H and O–H groups in total. The quantitative estimate of drug-likeness (QED) is 0.526. The van der Waals surface area contributed by atoms with E-state index in [1.165, 1.54) is 16.7 Å². The number of H-pyrrole nitrogens is 1. The van der Waals surface area contributed by atoms with Crippen LogP contribution in [0.15, 0.2) is 48.5 Å². The number of rotatable bonds is 3. The molecule has 4 heteroatoms. The van der Waals surface area contributed by atoms with Crippen LogP contribution in [0.3, 0.4) is 0 Å². The van der Waals surface area contributed by atoms with E-state index in [9.17, 15) is 0 Å². The first-order valence-electron chi connectivity index (χ1n) is 9.50. The monoisotopic (exact) mass is 358 g/mol. The molecule has 2 heterocycles. The molecule has 0 fully saturated rings. The van der Waals surface area contributed by atoms with E-state index in [0.29, 0.717) is 0 Å². The third-order valence-electron chi connectivity index (χ3n) is 5.08. The largest absolute Gasteiger partial charge is 0.337 e. The zero-order chi connectivity index (χ0) is 19.2. The summed E-state index contributed by atoms with van der Waals surface area (Å²) in [5.74, 6) is 0.858. The van der Waals surface area contributed by atoms with Crippen LogP contribution in [0.2, 0.25) is 0 Å². The van der Waals surface area contributed by atoms with Crippen molar-refractivity contribution in [3.05, 3.63) is 59.8 Å². The van der Waals surface area contributed by atoms with Gasteiger partial charge in [0.25, 0.3) is 0 Å². The highest BCUT2D eigenvalue weighted by atomic mass is 15.3. The van der Waals surface area contributed by atoms with Crippen LogP contribution in [0.25, 0.3) is 33.7 Å². The van der Waals surface area contributed by atoms with Gasteiger partial charge >= 0.3 is 0 Å². The Hall–Kier alpha value is -2.88. The standard InChI is InChI=1S/C23H26N4/c1-6-15-9-7-8-10-17(15)16-11-12-18-19(13-16)25-22(24-18)20-14-21(23(2,3)4)26-27(20)5/h7-14H,6H2,1-5H3,(H,24,25). The van der Waals surface area contributed by atoms with E-state index >= 15 is 0 Å². The molecule has 0 unspecified atom stereocenters. The molecule has 0 saturated heterocycles. The molecule has 0 amide bonds. The van der Waals surface area contributed by atoms with Crippen LogP contribution in [0, 0.1) is 0 Å². The second kappa shape index (κ2) is 6.38. The smallest absolute Gasteiger partial charge is 0.156 e. The Balaban J connectivity index is 1.79. The van der Waals surface area contributed by atoms with E-state index in [4.69, 9.17) is 4.98 Å². The van der Waals surface area contributed by atoms with E-state index in [2.05, 4.69) is 86.3 Å². The van der Waals surface area contributed by atoms with E-state index < -0.39 is 0 Å². The number of hydrogen-bond acceptors (Lipinski definition) is 2. The molecule has 27 heavy (non-hydrogen) atoms. The number of aromatic amines is 1. The van der Waals surface area contributed by atoms with Crippen LogP contribution >= 0.6 is 0 Å². The molecule has 4 rings (SSSR count). The Morgan fingerprint density at radius 3 is 2.52 bits per heavy atom. The van der Waals surface area contributed by atoms with Crippen molar-refractivity contribution in [3.8, 4) is 22.6 Å². The van der Waals surface area contributed by atoms with Gasteiger partial charge in [-0.15, -0.1) is 0 Å². The van der Waals surface area contributed by atoms with Crippen LogP contribution in [-0.4, -0.2) is 19.7 Å². The van der Waals surface area contributed by atoms with Gasteiger partial charge in [0, 0.05) is 12.5 Å². The van der Waals surface area contributed by atoms with Crippen LogP contribution in [0.1, 0.15) is 39.0 Å².